The fourth-order valence-electron chi connectivity index (χ4n) is 4.84. The molecule has 0 spiro atoms. The number of hydroxylamine groups is 2. The lowest BCUT2D eigenvalue weighted by molar-refractivity contribution is -0.140. The molecule has 0 radical (unpaired) electrons. The second-order valence-electron chi connectivity index (χ2n) is 10.4. The molecule has 9 heteroatoms. The van der Waals surface area contributed by atoms with Crippen molar-refractivity contribution in [2.24, 2.45) is 0 Å². The molecule has 3 heterocycles. The molecule has 0 saturated carbocycles. The van der Waals surface area contributed by atoms with Crippen molar-refractivity contribution in [3.63, 3.8) is 0 Å². The molecule has 0 aliphatic carbocycles. The van der Waals surface area contributed by atoms with Crippen molar-refractivity contribution in [2.45, 2.75) is 83.2 Å². The first-order valence-corrected chi connectivity index (χ1v) is 12.3. The summed E-state index contributed by atoms with van der Waals surface area (Å²) in [7, 11) is 0. The van der Waals surface area contributed by atoms with E-state index in [1.165, 1.54) is 5.06 Å². The molecule has 0 aromatic heterocycles. The van der Waals surface area contributed by atoms with Gasteiger partial charge >= 0.3 is 12.1 Å². The van der Waals surface area contributed by atoms with E-state index >= 15 is 0 Å². The van der Waals surface area contributed by atoms with E-state index in [1.54, 1.807) is 9.80 Å². The molecule has 1 aromatic carbocycles. The van der Waals surface area contributed by atoms with E-state index in [2.05, 4.69) is 5.32 Å². The highest BCUT2D eigenvalue weighted by molar-refractivity contribution is 5.88. The van der Waals surface area contributed by atoms with Crippen LogP contribution in [0.15, 0.2) is 30.3 Å². The van der Waals surface area contributed by atoms with Crippen LogP contribution in [0.1, 0.15) is 58.4 Å². The van der Waals surface area contributed by atoms with Crippen molar-refractivity contribution in [1.82, 2.24) is 20.2 Å². The monoisotopic (exact) mass is 472 g/mol. The first kappa shape index (κ1) is 24.3. The van der Waals surface area contributed by atoms with Gasteiger partial charge in [0, 0.05) is 25.7 Å². The molecule has 9 nitrogen and oxygen atoms in total. The number of nitrogens with zero attached hydrogens (tertiary/aromatic N) is 3. The topological polar surface area (TPSA) is 91.4 Å². The average molecular weight is 473 g/mol. The van der Waals surface area contributed by atoms with Gasteiger partial charge in [-0.15, -0.1) is 0 Å². The number of urea groups is 1. The number of carbonyl (C=O) groups excluding carboxylic acids is 3. The Kier molecular flexibility index (Phi) is 7.30. The van der Waals surface area contributed by atoms with Crippen LogP contribution >= 0.6 is 0 Å². The number of ether oxygens (including phenoxy) is 1. The Morgan fingerprint density at radius 1 is 1.06 bits per heavy atom. The van der Waals surface area contributed by atoms with Gasteiger partial charge in [-0.05, 0) is 58.4 Å². The summed E-state index contributed by atoms with van der Waals surface area (Å²) >= 11 is 0. The zero-order valence-corrected chi connectivity index (χ0v) is 20.4. The predicted molar refractivity (Wildman–Crippen MR) is 126 cm³/mol. The maximum Gasteiger partial charge on any atom is 0.410 e. The number of carbonyl (C=O) groups is 3. The lowest BCUT2D eigenvalue weighted by Gasteiger charge is -2.30. The third-order valence-electron chi connectivity index (χ3n) is 6.56. The molecular formula is C25H36N4O5. The third kappa shape index (κ3) is 5.81. The van der Waals surface area contributed by atoms with Crippen molar-refractivity contribution in [2.75, 3.05) is 19.6 Å². The lowest BCUT2D eigenvalue weighted by Crippen LogP contribution is -2.52. The number of hydrogen-bond acceptors (Lipinski definition) is 5. The van der Waals surface area contributed by atoms with Crippen LogP contribution in [0.4, 0.5) is 9.59 Å². The Bertz CT molecular complexity index is 887. The molecule has 34 heavy (non-hydrogen) atoms. The standard InChI is InChI=1S/C25H36N4O5/c1-25(2,3)34-24(32)27-14-7-10-19(13-15-27)26-22(30)21-12-11-20-16-28(21)23(31)29(20)33-17-18-8-5-4-6-9-18/h4-6,8-9,19-21H,7,10-17H2,1-3H3,(H,26,30)/t19-,20?,21-/m0/s1. The molecule has 1 N–H and O–H groups in total. The van der Waals surface area contributed by atoms with Crippen LogP contribution in [0.2, 0.25) is 0 Å². The quantitative estimate of drug-likeness (QED) is 0.710. The van der Waals surface area contributed by atoms with E-state index in [0.717, 1.165) is 24.8 Å². The Hall–Kier alpha value is -2.81. The van der Waals surface area contributed by atoms with E-state index in [1.807, 2.05) is 51.1 Å². The highest BCUT2D eigenvalue weighted by Crippen LogP contribution is 2.31. The van der Waals surface area contributed by atoms with Crippen LogP contribution < -0.4 is 5.32 Å². The van der Waals surface area contributed by atoms with Crippen LogP contribution in [-0.4, -0.2) is 76.3 Å². The molecule has 3 aliphatic heterocycles. The van der Waals surface area contributed by atoms with Crippen LogP contribution in [0, 0.1) is 0 Å². The molecule has 3 atom stereocenters. The molecule has 186 valence electrons. The Labute approximate surface area is 201 Å². The summed E-state index contributed by atoms with van der Waals surface area (Å²) in [5, 5.41) is 4.59. The van der Waals surface area contributed by atoms with Gasteiger partial charge in [0.15, 0.2) is 0 Å². The zero-order chi connectivity index (χ0) is 24.3. The Balaban J connectivity index is 1.28. The molecule has 4 amide bonds. The number of nitrogens with one attached hydrogen (secondary N) is 1. The van der Waals surface area contributed by atoms with E-state index in [-0.39, 0.29) is 30.1 Å². The van der Waals surface area contributed by atoms with Gasteiger partial charge in [-0.1, -0.05) is 30.3 Å². The summed E-state index contributed by atoms with van der Waals surface area (Å²) < 4.78 is 5.49. The number of rotatable bonds is 5. The second kappa shape index (κ2) is 10.2. The molecule has 1 aromatic rings. The SMILES string of the molecule is CC(C)(C)OC(=O)N1CCC[C@H](NC(=O)[C@@H]2CCC3CN2C(=O)N3OCc2ccccc2)CC1. The summed E-state index contributed by atoms with van der Waals surface area (Å²) in [6.45, 7) is 7.55. The van der Waals surface area contributed by atoms with Gasteiger partial charge in [0.25, 0.3) is 0 Å². The third-order valence-corrected chi connectivity index (χ3v) is 6.56. The van der Waals surface area contributed by atoms with Gasteiger partial charge in [0.1, 0.15) is 18.2 Å². The first-order chi connectivity index (χ1) is 16.2. The summed E-state index contributed by atoms with van der Waals surface area (Å²) in [6, 6.07) is 8.95. The van der Waals surface area contributed by atoms with E-state index in [0.29, 0.717) is 39.1 Å². The predicted octanol–water partition coefficient (Wildman–Crippen LogP) is 3.29. The van der Waals surface area contributed by atoms with Gasteiger partial charge in [-0.2, -0.15) is 5.06 Å². The van der Waals surface area contributed by atoms with E-state index < -0.39 is 11.6 Å². The Morgan fingerprint density at radius 3 is 2.56 bits per heavy atom. The van der Waals surface area contributed by atoms with Crippen molar-refractivity contribution in [3.8, 4) is 0 Å². The van der Waals surface area contributed by atoms with Gasteiger partial charge in [0.2, 0.25) is 5.91 Å². The van der Waals surface area contributed by atoms with Crippen molar-refractivity contribution >= 4 is 18.0 Å². The number of likely N-dealkylation sites (tertiary alicyclic amines) is 1. The lowest BCUT2D eigenvalue weighted by atomic mass is 9.99. The molecule has 3 aliphatic rings. The molecule has 3 saturated heterocycles. The smallest absolute Gasteiger partial charge is 0.410 e. The molecule has 1 unspecified atom stereocenters. The minimum atomic E-state index is -0.531. The average Bonchev–Trinajstić information content (AvgIpc) is 2.94. The number of fused-ring (bicyclic) bond motifs is 2. The van der Waals surface area contributed by atoms with Gasteiger partial charge in [-0.3, -0.25) is 9.63 Å². The molecule has 3 fully saturated rings. The second-order valence-corrected chi connectivity index (χ2v) is 10.4. The number of hydrogen-bond donors (Lipinski definition) is 1. The summed E-state index contributed by atoms with van der Waals surface area (Å²) in [4.78, 5) is 47.7. The van der Waals surface area contributed by atoms with Crippen LogP contribution in [-0.2, 0) is 21.0 Å². The minimum absolute atomic E-state index is 0.0270. The molecule has 4 rings (SSSR count). The maximum absolute atomic E-state index is 13.1. The first-order valence-electron chi connectivity index (χ1n) is 12.3. The van der Waals surface area contributed by atoms with Crippen molar-refractivity contribution < 1.29 is 24.0 Å². The van der Waals surface area contributed by atoms with Crippen LogP contribution in [0.5, 0.6) is 0 Å². The Morgan fingerprint density at radius 2 is 1.82 bits per heavy atom. The molecule has 2 bridgehead atoms. The van der Waals surface area contributed by atoms with Gasteiger partial charge < -0.3 is 19.9 Å². The number of amides is 4. The summed E-state index contributed by atoms with van der Waals surface area (Å²) in [5.41, 5.74) is 0.464. The number of benzene rings is 1. The van der Waals surface area contributed by atoms with E-state index in [9.17, 15) is 14.4 Å². The number of piperidine rings is 1. The van der Waals surface area contributed by atoms with Crippen molar-refractivity contribution in [3.05, 3.63) is 35.9 Å². The van der Waals surface area contributed by atoms with Gasteiger partial charge in [-0.25, -0.2) is 9.59 Å². The fourth-order valence-corrected chi connectivity index (χ4v) is 4.84. The zero-order valence-electron chi connectivity index (χ0n) is 20.4. The normalized spacial score (nSPS) is 25.2. The summed E-state index contributed by atoms with van der Waals surface area (Å²) in [6.07, 6.45) is 3.29. The summed E-state index contributed by atoms with van der Waals surface area (Å²) in [5.74, 6) is -0.118. The largest absolute Gasteiger partial charge is 0.444 e. The maximum atomic E-state index is 13.1. The van der Waals surface area contributed by atoms with Crippen LogP contribution in [0.3, 0.4) is 0 Å². The van der Waals surface area contributed by atoms with Gasteiger partial charge in [0.05, 0.1) is 6.04 Å². The highest BCUT2D eigenvalue weighted by Gasteiger charge is 2.48. The fraction of sp³-hybridized carbons (Fsp3) is 0.640. The van der Waals surface area contributed by atoms with Crippen LogP contribution in [0.25, 0.3) is 0 Å². The van der Waals surface area contributed by atoms with E-state index in [4.69, 9.17) is 9.57 Å². The van der Waals surface area contributed by atoms with Crippen molar-refractivity contribution in [1.29, 1.82) is 0 Å². The molecular weight excluding hydrogens is 436 g/mol. The highest BCUT2D eigenvalue weighted by atomic mass is 16.7. The minimum Gasteiger partial charge on any atom is -0.444 e.